The molecule has 0 radical (unpaired) electrons. The lowest BCUT2D eigenvalue weighted by molar-refractivity contribution is 0.0385. The predicted molar refractivity (Wildman–Crippen MR) is 147 cm³/mol. The molecule has 36 heavy (non-hydrogen) atoms. The third kappa shape index (κ3) is 5.06. The molecular formula is C32H30N2O2. The molecule has 2 atom stereocenters. The van der Waals surface area contributed by atoms with E-state index in [0.29, 0.717) is 6.61 Å². The summed E-state index contributed by atoms with van der Waals surface area (Å²) in [5, 5.41) is 1.24. The molecule has 5 aromatic rings. The first-order chi connectivity index (χ1) is 17.8. The van der Waals surface area contributed by atoms with Gasteiger partial charge in [0.15, 0.2) is 0 Å². The van der Waals surface area contributed by atoms with Gasteiger partial charge in [-0.1, -0.05) is 84.9 Å². The SMILES string of the molecule is c1ccc(-c2cc3ccccc3n2CC(CN(c2ccccc2)c2ccccc2)OCC2CO2)cc1. The zero-order valence-electron chi connectivity index (χ0n) is 20.2. The zero-order valence-corrected chi connectivity index (χ0v) is 20.2. The highest BCUT2D eigenvalue weighted by Crippen LogP contribution is 2.31. The molecule has 4 heteroatoms. The highest BCUT2D eigenvalue weighted by molar-refractivity contribution is 5.87. The smallest absolute Gasteiger partial charge is 0.104 e. The Morgan fingerprint density at radius 2 is 1.36 bits per heavy atom. The van der Waals surface area contributed by atoms with Crippen LogP contribution in [0.4, 0.5) is 11.4 Å². The number of nitrogens with zero attached hydrogens (tertiary/aromatic N) is 2. The van der Waals surface area contributed by atoms with Crippen molar-refractivity contribution in [2.24, 2.45) is 0 Å². The minimum Gasteiger partial charge on any atom is -0.372 e. The monoisotopic (exact) mass is 474 g/mol. The summed E-state index contributed by atoms with van der Waals surface area (Å²) in [7, 11) is 0. The summed E-state index contributed by atoms with van der Waals surface area (Å²) < 4.78 is 14.5. The van der Waals surface area contributed by atoms with E-state index in [1.807, 2.05) is 0 Å². The van der Waals surface area contributed by atoms with Crippen molar-refractivity contribution < 1.29 is 9.47 Å². The maximum absolute atomic E-state index is 6.57. The second-order valence-electron chi connectivity index (χ2n) is 9.26. The van der Waals surface area contributed by atoms with E-state index >= 15 is 0 Å². The van der Waals surface area contributed by atoms with Gasteiger partial charge >= 0.3 is 0 Å². The largest absolute Gasteiger partial charge is 0.372 e. The van der Waals surface area contributed by atoms with Crippen molar-refractivity contribution in [3.63, 3.8) is 0 Å². The van der Waals surface area contributed by atoms with Gasteiger partial charge in [-0.3, -0.25) is 0 Å². The number of hydrogen-bond donors (Lipinski definition) is 0. The number of aromatic nitrogens is 1. The number of rotatable bonds is 10. The molecule has 0 bridgehead atoms. The molecule has 0 amide bonds. The Morgan fingerprint density at radius 3 is 2.00 bits per heavy atom. The average Bonchev–Trinajstić information content (AvgIpc) is 3.71. The van der Waals surface area contributed by atoms with Gasteiger partial charge < -0.3 is 18.9 Å². The van der Waals surface area contributed by atoms with E-state index in [1.165, 1.54) is 22.2 Å². The molecule has 1 aromatic heterocycles. The fourth-order valence-corrected chi connectivity index (χ4v) is 4.81. The van der Waals surface area contributed by atoms with Crippen LogP contribution < -0.4 is 4.90 Å². The number of ether oxygens (including phenoxy) is 2. The van der Waals surface area contributed by atoms with Crippen LogP contribution in [0.3, 0.4) is 0 Å². The van der Waals surface area contributed by atoms with Crippen LogP contribution in [0.2, 0.25) is 0 Å². The van der Waals surface area contributed by atoms with E-state index in [4.69, 9.17) is 9.47 Å². The van der Waals surface area contributed by atoms with Gasteiger partial charge in [0.1, 0.15) is 6.10 Å². The number of epoxide rings is 1. The Bertz CT molecular complexity index is 1360. The Balaban J connectivity index is 1.38. The van der Waals surface area contributed by atoms with Crippen molar-refractivity contribution in [1.82, 2.24) is 4.57 Å². The van der Waals surface area contributed by atoms with E-state index in [-0.39, 0.29) is 12.2 Å². The average molecular weight is 475 g/mol. The maximum atomic E-state index is 6.57. The number of para-hydroxylation sites is 3. The molecule has 0 aliphatic carbocycles. The van der Waals surface area contributed by atoms with E-state index in [9.17, 15) is 0 Å². The normalized spacial score (nSPS) is 15.6. The van der Waals surface area contributed by atoms with Crippen LogP contribution >= 0.6 is 0 Å². The summed E-state index contributed by atoms with van der Waals surface area (Å²) >= 11 is 0. The molecule has 1 fully saturated rings. The summed E-state index contributed by atoms with van der Waals surface area (Å²) in [5.41, 5.74) is 5.94. The quantitative estimate of drug-likeness (QED) is 0.206. The third-order valence-corrected chi connectivity index (χ3v) is 6.71. The lowest BCUT2D eigenvalue weighted by Gasteiger charge is -2.30. The van der Waals surface area contributed by atoms with Crippen LogP contribution in [0, 0.1) is 0 Å². The van der Waals surface area contributed by atoms with Crippen molar-refractivity contribution in [2.75, 3.05) is 24.7 Å². The standard InChI is InChI=1S/C32H30N2O2/c1-4-12-25(13-5-1)32-20-26-14-10-11-19-31(26)34(32)22-29(35-23-30-24-36-30)21-33(27-15-6-2-7-16-27)28-17-8-3-9-18-28/h1-20,29-30H,21-24H2. The van der Waals surface area contributed by atoms with Gasteiger partial charge in [-0.15, -0.1) is 0 Å². The molecule has 6 rings (SSSR count). The van der Waals surface area contributed by atoms with Crippen LogP contribution in [0.5, 0.6) is 0 Å². The fourth-order valence-electron chi connectivity index (χ4n) is 4.81. The summed E-state index contributed by atoms with van der Waals surface area (Å²) in [5.74, 6) is 0. The van der Waals surface area contributed by atoms with Gasteiger partial charge in [0.2, 0.25) is 0 Å². The van der Waals surface area contributed by atoms with Crippen molar-refractivity contribution in [3.8, 4) is 11.3 Å². The maximum Gasteiger partial charge on any atom is 0.104 e. The van der Waals surface area contributed by atoms with Gasteiger partial charge in [0, 0.05) is 28.0 Å². The second kappa shape index (κ2) is 10.4. The summed E-state index contributed by atoms with van der Waals surface area (Å²) in [6.45, 7) is 2.86. The molecule has 0 N–H and O–H groups in total. The van der Waals surface area contributed by atoms with Gasteiger partial charge in [0.05, 0.1) is 32.4 Å². The second-order valence-corrected chi connectivity index (χ2v) is 9.26. The minimum absolute atomic E-state index is 0.0483. The Labute approximate surface area is 212 Å². The molecular weight excluding hydrogens is 444 g/mol. The molecule has 0 spiro atoms. The molecule has 0 saturated carbocycles. The first kappa shape index (κ1) is 22.6. The topological polar surface area (TPSA) is 29.9 Å². The van der Waals surface area contributed by atoms with Gasteiger partial charge in [-0.05, 0) is 42.0 Å². The molecule has 1 aliphatic heterocycles. The van der Waals surface area contributed by atoms with Crippen molar-refractivity contribution >= 4 is 22.3 Å². The van der Waals surface area contributed by atoms with Crippen LogP contribution in [-0.2, 0) is 16.0 Å². The van der Waals surface area contributed by atoms with E-state index in [1.54, 1.807) is 0 Å². The van der Waals surface area contributed by atoms with Crippen LogP contribution in [0.1, 0.15) is 0 Å². The van der Waals surface area contributed by atoms with Crippen molar-refractivity contribution in [1.29, 1.82) is 0 Å². The first-order valence-electron chi connectivity index (χ1n) is 12.6. The molecule has 2 heterocycles. The number of anilines is 2. The fraction of sp³-hybridized carbons (Fsp3) is 0.188. The predicted octanol–water partition coefficient (Wildman–Crippen LogP) is 6.93. The zero-order chi connectivity index (χ0) is 24.2. The Morgan fingerprint density at radius 1 is 0.778 bits per heavy atom. The number of benzene rings is 4. The molecule has 2 unspecified atom stereocenters. The van der Waals surface area contributed by atoms with Crippen molar-refractivity contribution in [2.45, 2.75) is 18.8 Å². The highest BCUT2D eigenvalue weighted by Gasteiger charge is 2.26. The Kier molecular flexibility index (Phi) is 6.53. The number of fused-ring (bicyclic) bond motifs is 1. The first-order valence-corrected chi connectivity index (χ1v) is 12.6. The molecule has 1 aliphatic rings. The van der Waals surface area contributed by atoms with Gasteiger partial charge in [-0.2, -0.15) is 0 Å². The summed E-state index contributed by atoms with van der Waals surface area (Å²) in [4.78, 5) is 2.35. The van der Waals surface area contributed by atoms with E-state index in [0.717, 1.165) is 31.1 Å². The molecule has 4 aromatic carbocycles. The summed E-state index contributed by atoms with van der Waals surface area (Å²) in [6.07, 6.45) is 0.164. The lowest BCUT2D eigenvalue weighted by atomic mass is 10.1. The summed E-state index contributed by atoms with van der Waals surface area (Å²) in [6, 6.07) is 42.6. The van der Waals surface area contributed by atoms with Crippen LogP contribution in [0.15, 0.2) is 121 Å². The highest BCUT2D eigenvalue weighted by atomic mass is 16.6. The van der Waals surface area contributed by atoms with Crippen LogP contribution in [0.25, 0.3) is 22.2 Å². The third-order valence-electron chi connectivity index (χ3n) is 6.71. The molecule has 4 nitrogen and oxygen atoms in total. The molecule has 1 saturated heterocycles. The van der Waals surface area contributed by atoms with E-state index < -0.39 is 0 Å². The lowest BCUT2D eigenvalue weighted by Crippen LogP contribution is -2.35. The van der Waals surface area contributed by atoms with E-state index in [2.05, 4.69) is 131 Å². The Hall–Kier alpha value is -3.86. The van der Waals surface area contributed by atoms with Gasteiger partial charge in [0.25, 0.3) is 0 Å². The van der Waals surface area contributed by atoms with Crippen LogP contribution in [-0.4, -0.2) is 36.5 Å². The number of hydrogen-bond acceptors (Lipinski definition) is 3. The van der Waals surface area contributed by atoms with Crippen molar-refractivity contribution in [3.05, 3.63) is 121 Å². The molecule has 180 valence electrons. The van der Waals surface area contributed by atoms with Gasteiger partial charge in [-0.25, -0.2) is 0 Å². The minimum atomic E-state index is -0.0483.